The molecule has 0 aromatic heterocycles. The van der Waals surface area contributed by atoms with Crippen LogP contribution in [0.4, 0.5) is 0 Å². The van der Waals surface area contributed by atoms with Crippen LogP contribution in [0.25, 0.3) is 0 Å². The van der Waals surface area contributed by atoms with Crippen molar-refractivity contribution in [2.45, 2.75) is 12.8 Å². The van der Waals surface area contributed by atoms with Crippen LogP contribution >= 0.6 is 0 Å². The molecule has 17 heavy (non-hydrogen) atoms. The van der Waals surface area contributed by atoms with E-state index >= 15 is 0 Å². The minimum absolute atomic E-state index is 0.332. The Morgan fingerprint density at radius 2 is 1.82 bits per heavy atom. The summed E-state index contributed by atoms with van der Waals surface area (Å²) in [6.07, 6.45) is 10.7. The van der Waals surface area contributed by atoms with Gasteiger partial charge in [-0.05, 0) is 18.1 Å². The van der Waals surface area contributed by atoms with E-state index in [9.17, 15) is 0 Å². The van der Waals surface area contributed by atoms with Gasteiger partial charge in [-0.25, -0.2) is 0 Å². The Balaban J connectivity index is 2.16. The van der Waals surface area contributed by atoms with Gasteiger partial charge in [0.15, 0.2) is 0 Å². The zero-order valence-electron chi connectivity index (χ0n) is 10.2. The molecule has 0 heterocycles. The second-order valence-corrected chi connectivity index (χ2v) is 4.06. The largest absolute Gasteiger partial charge is 0.381 e. The normalized spacial score (nSPS) is 15.2. The third-order valence-corrected chi connectivity index (χ3v) is 2.81. The molecular weight excluding hydrogens is 208 g/mol. The standard InChI is InChI=1S/C16H18O/c1-2-17-13-16(12-14-8-6-7-9-14)15-10-4-3-5-11-15/h3-12,16H,2,13H2,1H3. The molecule has 0 saturated carbocycles. The fraction of sp³-hybridized carbons (Fsp3) is 0.250. The first-order chi connectivity index (χ1) is 8.40. The van der Waals surface area contributed by atoms with Crippen LogP contribution in [0.15, 0.2) is 66.3 Å². The number of allylic oxidation sites excluding steroid dienone is 5. The molecule has 0 N–H and O–H groups in total. The molecule has 1 aromatic rings. The van der Waals surface area contributed by atoms with Crippen LogP contribution in [-0.2, 0) is 4.74 Å². The summed E-state index contributed by atoms with van der Waals surface area (Å²) in [6, 6.07) is 10.5. The minimum atomic E-state index is 0.332. The quantitative estimate of drug-likeness (QED) is 0.740. The maximum absolute atomic E-state index is 5.57. The van der Waals surface area contributed by atoms with Crippen molar-refractivity contribution < 1.29 is 4.74 Å². The van der Waals surface area contributed by atoms with Crippen molar-refractivity contribution >= 4 is 0 Å². The molecule has 1 aliphatic carbocycles. The van der Waals surface area contributed by atoms with Gasteiger partial charge in [0.05, 0.1) is 6.61 Å². The van der Waals surface area contributed by atoms with Crippen LogP contribution in [0, 0.1) is 0 Å². The zero-order chi connectivity index (χ0) is 11.9. The summed E-state index contributed by atoms with van der Waals surface area (Å²) < 4.78 is 5.57. The Morgan fingerprint density at radius 1 is 1.12 bits per heavy atom. The van der Waals surface area contributed by atoms with Crippen molar-refractivity contribution in [1.82, 2.24) is 0 Å². The molecule has 0 fully saturated rings. The second kappa shape index (κ2) is 6.21. The summed E-state index contributed by atoms with van der Waals surface area (Å²) in [4.78, 5) is 0. The highest BCUT2D eigenvalue weighted by Crippen LogP contribution is 2.21. The summed E-state index contributed by atoms with van der Waals surface area (Å²) in [5.41, 5.74) is 2.57. The number of hydrogen-bond donors (Lipinski definition) is 0. The first kappa shape index (κ1) is 11.9. The average Bonchev–Trinajstić information content (AvgIpc) is 2.88. The van der Waals surface area contributed by atoms with E-state index in [4.69, 9.17) is 4.74 Å². The summed E-state index contributed by atoms with van der Waals surface area (Å²) in [7, 11) is 0. The second-order valence-electron chi connectivity index (χ2n) is 4.06. The van der Waals surface area contributed by atoms with Crippen molar-refractivity contribution in [3.63, 3.8) is 0 Å². The third kappa shape index (κ3) is 3.43. The van der Waals surface area contributed by atoms with Crippen LogP contribution in [-0.4, -0.2) is 13.2 Å². The predicted molar refractivity (Wildman–Crippen MR) is 72.0 cm³/mol. The van der Waals surface area contributed by atoms with Gasteiger partial charge in [0.2, 0.25) is 0 Å². The molecule has 2 rings (SSSR count). The maximum Gasteiger partial charge on any atom is 0.0569 e. The number of benzene rings is 1. The van der Waals surface area contributed by atoms with Crippen molar-refractivity contribution in [2.24, 2.45) is 0 Å². The van der Waals surface area contributed by atoms with Gasteiger partial charge in [-0.1, -0.05) is 60.7 Å². The van der Waals surface area contributed by atoms with Gasteiger partial charge >= 0.3 is 0 Å². The molecule has 1 nitrogen and oxygen atoms in total. The average molecular weight is 226 g/mol. The number of ether oxygens (including phenoxy) is 1. The van der Waals surface area contributed by atoms with E-state index in [1.54, 1.807) is 0 Å². The van der Waals surface area contributed by atoms with Gasteiger partial charge in [-0.15, -0.1) is 0 Å². The summed E-state index contributed by atoms with van der Waals surface area (Å²) >= 11 is 0. The molecule has 1 unspecified atom stereocenters. The molecule has 1 aliphatic rings. The van der Waals surface area contributed by atoms with Crippen molar-refractivity contribution in [3.05, 3.63) is 71.8 Å². The van der Waals surface area contributed by atoms with Crippen LogP contribution in [0.2, 0.25) is 0 Å². The molecule has 0 saturated heterocycles. The van der Waals surface area contributed by atoms with Crippen LogP contribution < -0.4 is 0 Å². The summed E-state index contributed by atoms with van der Waals surface area (Å²) in [6.45, 7) is 3.54. The maximum atomic E-state index is 5.57. The van der Waals surface area contributed by atoms with E-state index in [0.29, 0.717) is 5.92 Å². The smallest absolute Gasteiger partial charge is 0.0569 e. The number of hydrogen-bond acceptors (Lipinski definition) is 1. The van der Waals surface area contributed by atoms with Crippen LogP contribution in [0.5, 0.6) is 0 Å². The molecule has 0 radical (unpaired) electrons. The van der Waals surface area contributed by atoms with E-state index in [2.05, 4.69) is 54.6 Å². The SMILES string of the molecule is CCOCC(C=C1C=CC=C1)c1ccccc1. The monoisotopic (exact) mass is 226 g/mol. The lowest BCUT2D eigenvalue weighted by Gasteiger charge is -2.13. The lowest BCUT2D eigenvalue weighted by molar-refractivity contribution is 0.141. The summed E-state index contributed by atoms with van der Waals surface area (Å²) in [5.74, 6) is 0.332. The van der Waals surface area contributed by atoms with E-state index in [1.807, 2.05) is 13.0 Å². The van der Waals surface area contributed by atoms with E-state index in [1.165, 1.54) is 11.1 Å². The van der Waals surface area contributed by atoms with Gasteiger partial charge < -0.3 is 4.74 Å². The predicted octanol–water partition coefficient (Wildman–Crippen LogP) is 3.86. The summed E-state index contributed by atoms with van der Waals surface area (Å²) in [5, 5.41) is 0. The molecule has 1 aromatic carbocycles. The first-order valence-corrected chi connectivity index (χ1v) is 6.09. The van der Waals surface area contributed by atoms with Gasteiger partial charge in [0, 0.05) is 12.5 Å². The molecule has 0 spiro atoms. The highest BCUT2D eigenvalue weighted by atomic mass is 16.5. The van der Waals surface area contributed by atoms with Crippen LogP contribution in [0.3, 0.4) is 0 Å². The lowest BCUT2D eigenvalue weighted by Crippen LogP contribution is -2.06. The van der Waals surface area contributed by atoms with Gasteiger partial charge in [-0.3, -0.25) is 0 Å². The highest BCUT2D eigenvalue weighted by molar-refractivity contribution is 5.42. The molecular formula is C16H18O. The fourth-order valence-electron chi connectivity index (χ4n) is 1.92. The van der Waals surface area contributed by atoms with Crippen LogP contribution in [0.1, 0.15) is 18.4 Å². The highest BCUT2D eigenvalue weighted by Gasteiger charge is 2.09. The van der Waals surface area contributed by atoms with E-state index in [0.717, 1.165) is 13.2 Å². The Hall–Kier alpha value is -1.60. The zero-order valence-corrected chi connectivity index (χ0v) is 10.2. The van der Waals surface area contributed by atoms with E-state index in [-0.39, 0.29) is 0 Å². The van der Waals surface area contributed by atoms with Gasteiger partial charge in [0.1, 0.15) is 0 Å². The lowest BCUT2D eigenvalue weighted by atomic mass is 9.97. The third-order valence-electron chi connectivity index (χ3n) is 2.81. The Morgan fingerprint density at radius 3 is 2.47 bits per heavy atom. The molecule has 0 aliphatic heterocycles. The van der Waals surface area contributed by atoms with Gasteiger partial charge in [0.25, 0.3) is 0 Å². The molecule has 0 amide bonds. The Bertz CT molecular complexity index is 412. The minimum Gasteiger partial charge on any atom is -0.381 e. The van der Waals surface area contributed by atoms with Crippen molar-refractivity contribution in [2.75, 3.05) is 13.2 Å². The molecule has 1 heteroatoms. The Labute approximate surface area is 103 Å². The van der Waals surface area contributed by atoms with Crippen molar-refractivity contribution in [1.29, 1.82) is 0 Å². The topological polar surface area (TPSA) is 9.23 Å². The molecule has 1 atom stereocenters. The first-order valence-electron chi connectivity index (χ1n) is 6.09. The van der Waals surface area contributed by atoms with E-state index < -0.39 is 0 Å². The van der Waals surface area contributed by atoms with Gasteiger partial charge in [-0.2, -0.15) is 0 Å². The fourth-order valence-corrected chi connectivity index (χ4v) is 1.92. The molecule has 0 bridgehead atoms. The van der Waals surface area contributed by atoms with Crippen molar-refractivity contribution in [3.8, 4) is 0 Å². The molecule has 88 valence electrons. The number of rotatable bonds is 5. The Kier molecular flexibility index (Phi) is 4.34.